The van der Waals surface area contributed by atoms with Crippen molar-refractivity contribution in [3.8, 4) is 0 Å². The number of rotatable bonds is 7. The standard InChI is InChI=1S/C24H20Cl3N5OS/c25-24(26,27)22(29-21(33)16-11-17-7-3-1-4-8-17)30-23(34)28-18-12-14-20(15-13-18)32-31-19-9-5-2-6-10-19/h1-16,22H,(H,29,33)(H2,28,30,34)/b16-11+,32-31?. The Kier molecular flexibility index (Phi) is 9.42. The molecule has 0 aliphatic carbocycles. The van der Waals surface area contributed by atoms with Gasteiger partial charge in [-0.1, -0.05) is 83.3 Å². The zero-order valence-corrected chi connectivity index (χ0v) is 20.7. The first kappa shape index (κ1) is 25.6. The van der Waals surface area contributed by atoms with Crippen LogP contribution in [0.2, 0.25) is 0 Å². The van der Waals surface area contributed by atoms with Crippen LogP contribution >= 0.6 is 47.0 Å². The first-order chi connectivity index (χ1) is 16.3. The minimum absolute atomic E-state index is 0.155. The predicted molar refractivity (Wildman–Crippen MR) is 144 cm³/mol. The van der Waals surface area contributed by atoms with Gasteiger partial charge < -0.3 is 16.0 Å². The summed E-state index contributed by atoms with van der Waals surface area (Å²) in [4.78, 5) is 12.3. The third-order valence-corrected chi connectivity index (χ3v) is 5.15. The van der Waals surface area contributed by atoms with Gasteiger partial charge in [-0.3, -0.25) is 4.79 Å². The lowest BCUT2D eigenvalue weighted by molar-refractivity contribution is -0.117. The molecule has 0 radical (unpaired) electrons. The maximum absolute atomic E-state index is 12.3. The number of carbonyl (C=O) groups is 1. The van der Waals surface area contributed by atoms with Crippen molar-refractivity contribution in [2.45, 2.75) is 9.96 Å². The van der Waals surface area contributed by atoms with E-state index >= 15 is 0 Å². The lowest BCUT2D eigenvalue weighted by Gasteiger charge is -2.27. The molecule has 0 aromatic heterocycles. The Morgan fingerprint density at radius 2 is 1.38 bits per heavy atom. The molecular weight excluding hydrogens is 513 g/mol. The summed E-state index contributed by atoms with van der Waals surface area (Å²) in [5.74, 6) is -0.455. The van der Waals surface area contributed by atoms with E-state index in [9.17, 15) is 4.79 Å². The topological polar surface area (TPSA) is 77.9 Å². The maximum Gasteiger partial charge on any atom is 0.245 e. The second-order valence-electron chi connectivity index (χ2n) is 6.91. The van der Waals surface area contributed by atoms with Gasteiger partial charge in [-0.25, -0.2) is 0 Å². The summed E-state index contributed by atoms with van der Waals surface area (Å²) in [5, 5.41) is 16.9. The van der Waals surface area contributed by atoms with Gasteiger partial charge in [0.25, 0.3) is 0 Å². The van der Waals surface area contributed by atoms with Crippen molar-refractivity contribution >= 4 is 81.2 Å². The van der Waals surface area contributed by atoms with Crippen molar-refractivity contribution in [1.29, 1.82) is 0 Å². The zero-order chi connectivity index (χ0) is 24.4. The number of alkyl halides is 3. The van der Waals surface area contributed by atoms with E-state index in [-0.39, 0.29) is 5.11 Å². The molecule has 1 unspecified atom stereocenters. The van der Waals surface area contributed by atoms with E-state index in [1.807, 2.05) is 60.7 Å². The Labute approximate surface area is 218 Å². The number of halogens is 3. The molecule has 1 atom stereocenters. The molecule has 0 saturated heterocycles. The fourth-order valence-electron chi connectivity index (χ4n) is 2.65. The average Bonchev–Trinajstić information content (AvgIpc) is 2.82. The average molecular weight is 533 g/mol. The third kappa shape index (κ3) is 8.76. The minimum atomic E-state index is -1.86. The molecule has 34 heavy (non-hydrogen) atoms. The molecule has 0 bridgehead atoms. The Balaban J connectivity index is 1.56. The fraction of sp³-hybridized carbons (Fsp3) is 0.0833. The highest BCUT2D eigenvalue weighted by Crippen LogP contribution is 2.29. The number of carbonyl (C=O) groups excluding carboxylic acids is 1. The summed E-state index contributed by atoms with van der Waals surface area (Å²) < 4.78 is -1.86. The van der Waals surface area contributed by atoms with Crippen molar-refractivity contribution < 1.29 is 4.79 Å². The van der Waals surface area contributed by atoms with E-state index in [1.54, 1.807) is 30.3 Å². The van der Waals surface area contributed by atoms with E-state index in [4.69, 9.17) is 47.0 Å². The molecule has 3 rings (SSSR count). The molecule has 0 aliphatic rings. The zero-order valence-electron chi connectivity index (χ0n) is 17.7. The number of azo groups is 1. The molecule has 10 heteroatoms. The van der Waals surface area contributed by atoms with Gasteiger partial charge in [0.1, 0.15) is 6.17 Å². The van der Waals surface area contributed by atoms with Crippen LogP contribution < -0.4 is 16.0 Å². The number of thiocarbonyl (C=S) groups is 1. The van der Waals surface area contributed by atoms with E-state index in [0.29, 0.717) is 11.4 Å². The highest BCUT2D eigenvalue weighted by Gasteiger charge is 2.34. The van der Waals surface area contributed by atoms with Gasteiger partial charge >= 0.3 is 0 Å². The van der Waals surface area contributed by atoms with Crippen molar-refractivity contribution in [3.63, 3.8) is 0 Å². The van der Waals surface area contributed by atoms with E-state index in [1.165, 1.54) is 6.08 Å². The molecule has 3 aromatic rings. The minimum Gasteiger partial charge on any atom is -0.339 e. The fourth-order valence-corrected chi connectivity index (χ4v) is 3.21. The molecule has 0 spiro atoms. The maximum atomic E-state index is 12.3. The second kappa shape index (κ2) is 12.5. The summed E-state index contributed by atoms with van der Waals surface area (Å²) in [6.45, 7) is 0. The van der Waals surface area contributed by atoms with Crippen molar-refractivity contribution in [2.75, 3.05) is 5.32 Å². The Bertz CT molecular complexity index is 1150. The van der Waals surface area contributed by atoms with Gasteiger partial charge in [-0.05, 0) is 60.3 Å². The van der Waals surface area contributed by atoms with Crippen LogP contribution in [0.15, 0.2) is 101 Å². The largest absolute Gasteiger partial charge is 0.339 e. The van der Waals surface area contributed by atoms with Crippen LogP contribution in [-0.4, -0.2) is 21.0 Å². The van der Waals surface area contributed by atoms with Crippen molar-refractivity contribution in [3.05, 3.63) is 96.6 Å². The number of nitrogens with one attached hydrogen (secondary N) is 3. The molecule has 1 amide bonds. The monoisotopic (exact) mass is 531 g/mol. The molecule has 174 valence electrons. The highest BCUT2D eigenvalue weighted by molar-refractivity contribution is 7.80. The molecule has 0 saturated carbocycles. The predicted octanol–water partition coefficient (Wildman–Crippen LogP) is 6.91. The van der Waals surface area contributed by atoms with Gasteiger partial charge in [-0.15, -0.1) is 0 Å². The molecule has 3 N–H and O–H groups in total. The van der Waals surface area contributed by atoms with Gasteiger partial charge in [0.15, 0.2) is 5.11 Å². The summed E-state index contributed by atoms with van der Waals surface area (Å²) in [6.07, 6.45) is 1.92. The second-order valence-corrected chi connectivity index (χ2v) is 9.69. The van der Waals surface area contributed by atoms with Crippen LogP contribution in [0.3, 0.4) is 0 Å². The number of hydrogen-bond acceptors (Lipinski definition) is 4. The molecule has 0 heterocycles. The van der Waals surface area contributed by atoms with Crippen molar-refractivity contribution in [2.24, 2.45) is 10.2 Å². The molecule has 6 nitrogen and oxygen atoms in total. The summed E-state index contributed by atoms with van der Waals surface area (Å²) >= 11 is 23.4. The first-order valence-electron chi connectivity index (χ1n) is 10.0. The summed E-state index contributed by atoms with van der Waals surface area (Å²) in [6, 6.07) is 25.9. The number of amides is 1. The molecule has 0 aliphatic heterocycles. The van der Waals surface area contributed by atoms with Crippen LogP contribution in [0.5, 0.6) is 0 Å². The van der Waals surface area contributed by atoms with E-state index in [2.05, 4.69) is 26.2 Å². The molecule has 3 aromatic carbocycles. The number of benzene rings is 3. The van der Waals surface area contributed by atoms with E-state index in [0.717, 1.165) is 11.3 Å². The lowest BCUT2D eigenvalue weighted by Crippen LogP contribution is -2.55. The summed E-state index contributed by atoms with van der Waals surface area (Å²) in [5.41, 5.74) is 2.97. The van der Waals surface area contributed by atoms with Crippen LogP contribution in [0.1, 0.15) is 5.56 Å². The quantitative estimate of drug-likeness (QED) is 0.102. The Morgan fingerprint density at radius 3 is 1.97 bits per heavy atom. The Morgan fingerprint density at radius 1 is 0.824 bits per heavy atom. The highest BCUT2D eigenvalue weighted by atomic mass is 35.6. The molecule has 0 fully saturated rings. The lowest BCUT2D eigenvalue weighted by atomic mass is 10.2. The SMILES string of the molecule is O=C(/C=C/c1ccccc1)NC(NC(=S)Nc1ccc(N=Nc2ccccc2)cc1)C(Cl)(Cl)Cl. The number of anilines is 1. The van der Waals surface area contributed by atoms with Crippen molar-refractivity contribution in [1.82, 2.24) is 10.6 Å². The third-order valence-electron chi connectivity index (χ3n) is 4.28. The van der Waals surface area contributed by atoms with Crippen LogP contribution in [0.4, 0.5) is 17.1 Å². The van der Waals surface area contributed by atoms with Crippen LogP contribution in [-0.2, 0) is 4.79 Å². The normalized spacial score (nSPS) is 12.4. The van der Waals surface area contributed by atoms with Crippen LogP contribution in [0.25, 0.3) is 6.08 Å². The first-order valence-corrected chi connectivity index (χ1v) is 11.6. The van der Waals surface area contributed by atoms with Gasteiger partial charge in [-0.2, -0.15) is 10.2 Å². The summed E-state index contributed by atoms with van der Waals surface area (Å²) in [7, 11) is 0. The van der Waals surface area contributed by atoms with E-state index < -0.39 is 15.9 Å². The van der Waals surface area contributed by atoms with Gasteiger partial charge in [0.2, 0.25) is 9.70 Å². The molecular formula is C24H20Cl3N5OS. The van der Waals surface area contributed by atoms with Gasteiger partial charge in [0, 0.05) is 11.8 Å². The Hall–Kier alpha value is -2.97. The van der Waals surface area contributed by atoms with Crippen LogP contribution in [0, 0.1) is 0 Å². The number of hydrogen-bond donors (Lipinski definition) is 3. The smallest absolute Gasteiger partial charge is 0.245 e. The number of nitrogens with zero attached hydrogens (tertiary/aromatic N) is 2. The van der Waals surface area contributed by atoms with Gasteiger partial charge in [0.05, 0.1) is 11.4 Å².